The number of hydrogen-bond acceptors (Lipinski definition) is 6. The normalized spacial score (nSPS) is 16.8. The van der Waals surface area contributed by atoms with Crippen molar-refractivity contribution < 1.29 is 13.9 Å². The molecule has 2 amide bonds. The molecule has 1 N–H and O–H groups in total. The lowest BCUT2D eigenvalue weighted by Crippen LogP contribution is -2.65. The van der Waals surface area contributed by atoms with E-state index in [1.165, 1.54) is 0 Å². The maximum atomic E-state index is 12.9. The summed E-state index contributed by atoms with van der Waals surface area (Å²) in [5.74, 6) is 0.781. The maximum absolute atomic E-state index is 12.9. The summed E-state index contributed by atoms with van der Waals surface area (Å²) < 4.78 is 19.1. The zero-order chi connectivity index (χ0) is 22.7. The summed E-state index contributed by atoms with van der Waals surface area (Å²) >= 11 is 0. The fraction of sp³-hybridized carbons (Fsp3) is 0.478. The minimum atomic E-state index is -0.464. The number of aryl methyl sites for hydroxylation is 2. The van der Waals surface area contributed by atoms with Gasteiger partial charge in [0.25, 0.3) is 0 Å². The van der Waals surface area contributed by atoms with Gasteiger partial charge in [-0.1, -0.05) is 19.4 Å². The van der Waals surface area contributed by atoms with E-state index in [0.717, 1.165) is 47.8 Å². The standard InChI is InChI=1S/C23H29FN6O2/c1-4-5-6-25-21-16(3)7-15(2)8-20(21)32-19-13-30(14-19)23(31)28-18-11-29(12-18)22-26-9-17(24)10-27-22/h6-10,18-19H,4-5,11-14H2,1-3H3,(H,28,31). The average molecular weight is 441 g/mol. The van der Waals surface area contributed by atoms with Gasteiger partial charge in [-0.25, -0.2) is 19.2 Å². The molecule has 3 heterocycles. The van der Waals surface area contributed by atoms with Gasteiger partial charge in [0.1, 0.15) is 17.5 Å². The number of rotatable bonds is 7. The third kappa shape index (κ3) is 4.98. The largest absolute Gasteiger partial charge is 0.484 e. The highest BCUT2D eigenvalue weighted by Crippen LogP contribution is 2.34. The van der Waals surface area contributed by atoms with Crippen molar-refractivity contribution in [3.63, 3.8) is 0 Å². The number of nitrogens with zero attached hydrogens (tertiary/aromatic N) is 5. The van der Waals surface area contributed by atoms with Crippen LogP contribution in [0, 0.1) is 19.7 Å². The molecule has 170 valence electrons. The fourth-order valence-electron chi connectivity index (χ4n) is 3.79. The van der Waals surface area contributed by atoms with Crippen LogP contribution in [0.5, 0.6) is 5.75 Å². The molecule has 0 bridgehead atoms. The average Bonchev–Trinajstić information content (AvgIpc) is 2.69. The van der Waals surface area contributed by atoms with E-state index < -0.39 is 5.82 Å². The molecule has 2 aliphatic heterocycles. The lowest BCUT2D eigenvalue weighted by molar-refractivity contribution is 0.0434. The molecule has 2 aliphatic rings. The third-order valence-corrected chi connectivity index (χ3v) is 5.58. The van der Waals surface area contributed by atoms with Crippen molar-refractivity contribution in [3.05, 3.63) is 41.5 Å². The first-order valence-electron chi connectivity index (χ1n) is 11.0. The summed E-state index contributed by atoms with van der Waals surface area (Å²) in [4.78, 5) is 28.7. The van der Waals surface area contributed by atoms with Crippen molar-refractivity contribution in [2.24, 2.45) is 4.99 Å². The number of carbonyl (C=O) groups is 1. The molecule has 9 heteroatoms. The summed E-state index contributed by atoms with van der Waals surface area (Å²) in [7, 11) is 0. The first kappa shape index (κ1) is 22.0. The van der Waals surface area contributed by atoms with Crippen LogP contribution in [0.3, 0.4) is 0 Å². The summed E-state index contributed by atoms with van der Waals surface area (Å²) in [6.07, 6.45) is 6.15. The number of carbonyl (C=O) groups excluding carboxylic acids is 1. The molecule has 2 saturated heterocycles. The molecule has 2 aromatic rings. The molecule has 0 spiro atoms. The van der Waals surface area contributed by atoms with Gasteiger partial charge >= 0.3 is 6.03 Å². The second-order valence-electron chi connectivity index (χ2n) is 8.43. The molecule has 2 fully saturated rings. The fourth-order valence-corrected chi connectivity index (χ4v) is 3.79. The van der Waals surface area contributed by atoms with E-state index in [1.807, 2.05) is 31.0 Å². The first-order chi connectivity index (χ1) is 15.4. The number of unbranched alkanes of at least 4 members (excludes halogenated alkanes) is 1. The highest BCUT2D eigenvalue weighted by atomic mass is 19.1. The number of halogens is 1. The van der Waals surface area contributed by atoms with E-state index >= 15 is 0 Å². The van der Waals surface area contributed by atoms with Gasteiger partial charge in [0.2, 0.25) is 5.95 Å². The number of amides is 2. The van der Waals surface area contributed by atoms with E-state index in [9.17, 15) is 9.18 Å². The SMILES string of the molecule is CCCC=Nc1c(C)cc(C)cc1OC1CN(C(=O)NC2CN(c3ncc(F)cn3)C2)C1. The second kappa shape index (κ2) is 9.50. The second-order valence-corrected chi connectivity index (χ2v) is 8.43. The summed E-state index contributed by atoms with van der Waals surface area (Å²) in [5, 5.41) is 3.01. The number of ether oxygens (including phenoxy) is 1. The van der Waals surface area contributed by atoms with Crippen LogP contribution in [0.1, 0.15) is 30.9 Å². The van der Waals surface area contributed by atoms with E-state index in [0.29, 0.717) is 32.1 Å². The summed E-state index contributed by atoms with van der Waals surface area (Å²) in [6.45, 7) is 8.48. The van der Waals surface area contributed by atoms with Crippen LogP contribution in [0.25, 0.3) is 0 Å². The topological polar surface area (TPSA) is 83.0 Å². The van der Waals surface area contributed by atoms with Crippen molar-refractivity contribution in [2.45, 2.75) is 45.8 Å². The maximum Gasteiger partial charge on any atom is 0.317 e. The molecule has 0 atom stereocenters. The van der Waals surface area contributed by atoms with E-state index in [-0.39, 0.29) is 18.2 Å². The molecule has 0 saturated carbocycles. The number of likely N-dealkylation sites (tertiary alicyclic amines) is 1. The Labute approximate surface area is 187 Å². The van der Waals surface area contributed by atoms with Crippen LogP contribution in [0.2, 0.25) is 0 Å². The lowest BCUT2D eigenvalue weighted by atomic mass is 10.1. The van der Waals surface area contributed by atoms with Crippen LogP contribution in [0.4, 0.5) is 20.8 Å². The van der Waals surface area contributed by atoms with E-state index in [2.05, 4.69) is 33.3 Å². The quantitative estimate of drug-likeness (QED) is 0.668. The minimum absolute atomic E-state index is 0.0232. The van der Waals surface area contributed by atoms with E-state index in [4.69, 9.17) is 4.74 Å². The Morgan fingerprint density at radius 1 is 1.25 bits per heavy atom. The summed E-state index contributed by atoms with van der Waals surface area (Å²) in [6, 6.07) is 4.03. The van der Waals surface area contributed by atoms with Crippen LogP contribution in [-0.4, -0.2) is 65.4 Å². The molecule has 0 radical (unpaired) electrons. The number of hydrogen-bond donors (Lipinski definition) is 1. The zero-order valence-corrected chi connectivity index (χ0v) is 18.7. The highest BCUT2D eigenvalue weighted by molar-refractivity contribution is 5.76. The molecular weight excluding hydrogens is 411 g/mol. The van der Waals surface area contributed by atoms with Crippen molar-refractivity contribution in [1.29, 1.82) is 0 Å². The molecule has 8 nitrogen and oxygen atoms in total. The summed E-state index contributed by atoms with van der Waals surface area (Å²) in [5.41, 5.74) is 3.08. The van der Waals surface area contributed by atoms with Gasteiger partial charge in [-0.2, -0.15) is 0 Å². The molecular formula is C23H29FN6O2. The number of aliphatic imine (C=N–C) groups is 1. The number of urea groups is 1. The van der Waals surface area contributed by atoms with Gasteiger partial charge in [0, 0.05) is 19.3 Å². The Kier molecular flexibility index (Phi) is 6.53. The first-order valence-corrected chi connectivity index (χ1v) is 11.0. The molecule has 1 aromatic carbocycles. The lowest BCUT2D eigenvalue weighted by Gasteiger charge is -2.43. The van der Waals surface area contributed by atoms with Crippen molar-refractivity contribution in [3.8, 4) is 5.75 Å². The van der Waals surface area contributed by atoms with Gasteiger partial charge in [-0.15, -0.1) is 0 Å². The van der Waals surface area contributed by atoms with Gasteiger partial charge in [-0.05, 0) is 37.5 Å². The van der Waals surface area contributed by atoms with Crippen LogP contribution in [-0.2, 0) is 0 Å². The monoisotopic (exact) mass is 440 g/mol. The Hall–Kier alpha value is -3.23. The van der Waals surface area contributed by atoms with Gasteiger partial charge in [0.15, 0.2) is 5.82 Å². The minimum Gasteiger partial charge on any atom is -0.484 e. The molecule has 1 aromatic heterocycles. The van der Waals surface area contributed by atoms with Crippen LogP contribution in [0.15, 0.2) is 29.5 Å². The number of aromatic nitrogens is 2. The molecule has 0 aliphatic carbocycles. The van der Waals surface area contributed by atoms with Crippen molar-refractivity contribution >= 4 is 23.9 Å². The predicted molar refractivity (Wildman–Crippen MR) is 121 cm³/mol. The van der Waals surface area contributed by atoms with Crippen molar-refractivity contribution in [1.82, 2.24) is 20.2 Å². The van der Waals surface area contributed by atoms with Gasteiger partial charge in [0.05, 0.1) is 31.5 Å². The predicted octanol–water partition coefficient (Wildman–Crippen LogP) is 3.40. The Bertz CT molecular complexity index is 985. The Morgan fingerprint density at radius 3 is 2.66 bits per heavy atom. The zero-order valence-electron chi connectivity index (χ0n) is 18.7. The van der Waals surface area contributed by atoms with Gasteiger partial charge < -0.3 is 19.9 Å². The Balaban J connectivity index is 1.25. The smallest absolute Gasteiger partial charge is 0.317 e. The highest BCUT2D eigenvalue weighted by Gasteiger charge is 2.36. The third-order valence-electron chi connectivity index (χ3n) is 5.58. The van der Waals surface area contributed by atoms with E-state index in [1.54, 1.807) is 4.90 Å². The molecule has 0 unspecified atom stereocenters. The molecule has 32 heavy (non-hydrogen) atoms. The van der Waals surface area contributed by atoms with Crippen LogP contribution < -0.4 is 15.0 Å². The number of benzene rings is 1. The van der Waals surface area contributed by atoms with Crippen molar-refractivity contribution in [2.75, 3.05) is 31.1 Å². The number of anilines is 1. The molecule has 4 rings (SSSR count). The van der Waals surface area contributed by atoms with Gasteiger partial charge in [-0.3, -0.25) is 4.99 Å². The Morgan fingerprint density at radius 2 is 1.97 bits per heavy atom. The number of nitrogens with one attached hydrogen (secondary N) is 1. The van der Waals surface area contributed by atoms with Crippen LogP contribution >= 0.6 is 0 Å².